The highest BCUT2D eigenvalue weighted by molar-refractivity contribution is 5.97. The Morgan fingerprint density at radius 2 is 2.03 bits per heavy atom. The lowest BCUT2D eigenvalue weighted by atomic mass is 9.91. The van der Waals surface area contributed by atoms with Crippen molar-refractivity contribution in [2.24, 2.45) is 0 Å². The maximum atomic E-state index is 13.4. The normalized spacial score (nSPS) is 18.5. The molecule has 1 fully saturated rings. The number of ether oxygens (including phenoxy) is 1. The van der Waals surface area contributed by atoms with E-state index in [0.29, 0.717) is 23.4 Å². The van der Waals surface area contributed by atoms with Crippen molar-refractivity contribution in [2.75, 3.05) is 39.8 Å². The SMILES string of the molecule is CN1CCc2ccc(OCC(O)CN3CCC(c4noc5cc(F)ccc45)CC3)cc2C1=O. The molecule has 33 heavy (non-hydrogen) atoms. The van der Waals surface area contributed by atoms with E-state index in [4.69, 9.17) is 9.26 Å². The second-order valence-electron chi connectivity index (χ2n) is 9.04. The van der Waals surface area contributed by atoms with E-state index in [1.807, 2.05) is 12.1 Å². The van der Waals surface area contributed by atoms with Gasteiger partial charge in [0.1, 0.15) is 24.3 Å². The van der Waals surface area contributed by atoms with Gasteiger partial charge in [-0.1, -0.05) is 11.2 Å². The number of fused-ring (bicyclic) bond motifs is 2. The standard InChI is InChI=1S/C25H28FN3O4/c1-28-9-6-16-2-4-20(13-22(16)25(28)31)32-15-19(30)14-29-10-7-17(8-11-29)24-21-5-3-18(26)12-23(21)33-27-24/h2-5,12-13,17,19,30H,6-11,14-15H2,1H3. The Kier molecular flexibility index (Phi) is 6.03. The third kappa shape index (κ3) is 4.58. The Morgan fingerprint density at radius 3 is 2.85 bits per heavy atom. The number of likely N-dealkylation sites (N-methyl/N-ethyl adjacent to an activating group) is 1. The van der Waals surface area contributed by atoms with E-state index in [0.717, 1.165) is 55.5 Å². The molecule has 1 unspecified atom stereocenters. The molecule has 1 N–H and O–H groups in total. The van der Waals surface area contributed by atoms with Crippen LogP contribution in [0.5, 0.6) is 5.75 Å². The number of β-amino-alcohol motifs (C(OH)–C–C–N with tert-alkyl or cyclic N) is 1. The highest BCUT2D eigenvalue weighted by atomic mass is 19.1. The lowest BCUT2D eigenvalue weighted by Crippen LogP contribution is -2.40. The van der Waals surface area contributed by atoms with E-state index in [1.165, 1.54) is 12.1 Å². The zero-order valence-electron chi connectivity index (χ0n) is 18.7. The first kappa shape index (κ1) is 21.9. The molecule has 0 bridgehead atoms. The Hall–Kier alpha value is -2.97. The number of piperidine rings is 1. The largest absolute Gasteiger partial charge is 0.491 e. The minimum atomic E-state index is -0.633. The molecule has 7 nitrogen and oxygen atoms in total. The third-order valence-corrected chi connectivity index (χ3v) is 6.72. The zero-order chi connectivity index (χ0) is 22.9. The Balaban J connectivity index is 1.12. The number of aliphatic hydroxyl groups excluding tert-OH is 1. The number of hydrogen-bond donors (Lipinski definition) is 1. The van der Waals surface area contributed by atoms with Crippen LogP contribution in [-0.2, 0) is 6.42 Å². The van der Waals surface area contributed by atoms with Crippen LogP contribution < -0.4 is 4.74 Å². The second-order valence-corrected chi connectivity index (χ2v) is 9.04. The van der Waals surface area contributed by atoms with Crippen molar-refractivity contribution in [3.63, 3.8) is 0 Å². The number of halogens is 1. The average Bonchev–Trinajstić information content (AvgIpc) is 3.24. The van der Waals surface area contributed by atoms with Crippen molar-refractivity contribution in [3.05, 3.63) is 59.0 Å². The van der Waals surface area contributed by atoms with Gasteiger partial charge in [-0.3, -0.25) is 4.79 Å². The molecule has 0 spiro atoms. The van der Waals surface area contributed by atoms with Crippen LogP contribution in [0, 0.1) is 5.82 Å². The number of rotatable bonds is 6. The van der Waals surface area contributed by atoms with Crippen molar-refractivity contribution in [2.45, 2.75) is 31.3 Å². The molecule has 1 saturated heterocycles. The van der Waals surface area contributed by atoms with Crippen LogP contribution in [0.15, 0.2) is 40.9 Å². The van der Waals surface area contributed by atoms with E-state index in [-0.39, 0.29) is 24.2 Å². The average molecular weight is 454 g/mol. The molecule has 0 radical (unpaired) electrons. The van der Waals surface area contributed by atoms with Gasteiger partial charge in [0.2, 0.25) is 0 Å². The lowest BCUT2D eigenvalue weighted by Gasteiger charge is -2.32. The quantitative estimate of drug-likeness (QED) is 0.618. The Labute approximate surface area is 191 Å². The summed E-state index contributed by atoms with van der Waals surface area (Å²) >= 11 is 0. The van der Waals surface area contributed by atoms with Gasteiger partial charge < -0.3 is 24.2 Å². The van der Waals surface area contributed by atoms with Gasteiger partial charge in [0.05, 0.1) is 5.69 Å². The predicted octanol–water partition coefficient (Wildman–Crippen LogP) is 3.21. The highest BCUT2D eigenvalue weighted by Crippen LogP contribution is 2.33. The number of carbonyl (C=O) groups is 1. The third-order valence-electron chi connectivity index (χ3n) is 6.72. The van der Waals surface area contributed by atoms with Gasteiger partial charge in [-0.25, -0.2) is 4.39 Å². The summed E-state index contributed by atoms with van der Waals surface area (Å²) in [6, 6.07) is 10.1. The molecule has 5 rings (SSSR count). The summed E-state index contributed by atoms with van der Waals surface area (Å²) in [5, 5.41) is 15.6. The van der Waals surface area contributed by atoms with E-state index >= 15 is 0 Å². The molecule has 2 aromatic carbocycles. The molecule has 0 saturated carbocycles. The number of likely N-dealkylation sites (tertiary alicyclic amines) is 1. The monoisotopic (exact) mass is 453 g/mol. The zero-order valence-corrected chi connectivity index (χ0v) is 18.7. The Morgan fingerprint density at radius 1 is 1.21 bits per heavy atom. The van der Waals surface area contributed by atoms with Gasteiger partial charge in [0.25, 0.3) is 5.91 Å². The van der Waals surface area contributed by atoms with Crippen LogP contribution in [-0.4, -0.2) is 71.9 Å². The van der Waals surface area contributed by atoms with E-state index in [1.54, 1.807) is 24.1 Å². The van der Waals surface area contributed by atoms with Crippen molar-refractivity contribution in [1.29, 1.82) is 0 Å². The van der Waals surface area contributed by atoms with Crippen molar-refractivity contribution < 1.29 is 23.6 Å². The van der Waals surface area contributed by atoms with Crippen LogP contribution in [0.25, 0.3) is 11.0 Å². The maximum Gasteiger partial charge on any atom is 0.254 e. The van der Waals surface area contributed by atoms with Crippen molar-refractivity contribution in [1.82, 2.24) is 15.0 Å². The van der Waals surface area contributed by atoms with Gasteiger partial charge in [0.15, 0.2) is 5.58 Å². The summed E-state index contributed by atoms with van der Waals surface area (Å²) in [6.07, 6.45) is 2.00. The molecular weight excluding hydrogens is 425 g/mol. The molecule has 2 aliphatic rings. The molecule has 1 aromatic heterocycles. The summed E-state index contributed by atoms with van der Waals surface area (Å²) in [7, 11) is 1.80. The van der Waals surface area contributed by atoms with Gasteiger partial charge in [-0.05, 0) is 62.2 Å². The van der Waals surface area contributed by atoms with E-state index in [9.17, 15) is 14.3 Å². The summed E-state index contributed by atoms with van der Waals surface area (Å²) in [6.45, 7) is 3.08. The van der Waals surface area contributed by atoms with Crippen LogP contribution in [0.2, 0.25) is 0 Å². The smallest absolute Gasteiger partial charge is 0.254 e. The van der Waals surface area contributed by atoms with Gasteiger partial charge in [-0.2, -0.15) is 0 Å². The number of aliphatic hydroxyl groups is 1. The van der Waals surface area contributed by atoms with Gasteiger partial charge >= 0.3 is 0 Å². The Bertz CT molecular complexity index is 1160. The fourth-order valence-corrected chi connectivity index (χ4v) is 4.82. The molecule has 174 valence electrons. The fourth-order valence-electron chi connectivity index (χ4n) is 4.82. The summed E-state index contributed by atoms with van der Waals surface area (Å²) in [4.78, 5) is 16.3. The lowest BCUT2D eigenvalue weighted by molar-refractivity contribution is 0.0591. The molecule has 1 atom stereocenters. The maximum absolute atomic E-state index is 13.4. The number of hydrogen-bond acceptors (Lipinski definition) is 6. The molecule has 3 heterocycles. The van der Waals surface area contributed by atoms with Gasteiger partial charge in [-0.15, -0.1) is 0 Å². The number of aromatic nitrogens is 1. The molecule has 3 aromatic rings. The number of amides is 1. The van der Waals surface area contributed by atoms with Gasteiger partial charge in [0, 0.05) is 43.1 Å². The van der Waals surface area contributed by atoms with Crippen LogP contribution >= 0.6 is 0 Å². The van der Waals surface area contributed by atoms with E-state index < -0.39 is 6.10 Å². The topological polar surface area (TPSA) is 79.0 Å². The summed E-state index contributed by atoms with van der Waals surface area (Å²) in [5.74, 6) is 0.540. The fraction of sp³-hybridized carbons (Fsp3) is 0.440. The minimum Gasteiger partial charge on any atom is -0.491 e. The predicted molar refractivity (Wildman–Crippen MR) is 121 cm³/mol. The molecule has 8 heteroatoms. The summed E-state index contributed by atoms with van der Waals surface area (Å²) < 4.78 is 24.5. The van der Waals surface area contributed by atoms with Crippen LogP contribution in [0.4, 0.5) is 4.39 Å². The number of benzene rings is 2. The second kappa shape index (κ2) is 9.11. The van der Waals surface area contributed by atoms with Crippen molar-refractivity contribution >= 4 is 16.9 Å². The van der Waals surface area contributed by atoms with E-state index in [2.05, 4.69) is 10.1 Å². The minimum absolute atomic E-state index is 0.00939. The van der Waals surface area contributed by atoms with Crippen molar-refractivity contribution in [3.8, 4) is 5.75 Å². The first-order valence-corrected chi connectivity index (χ1v) is 11.4. The first-order valence-electron chi connectivity index (χ1n) is 11.4. The molecular formula is C25H28FN3O4. The number of carbonyl (C=O) groups excluding carboxylic acids is 1. The molecule has 2 aliphatic heterocycles. The first-order chi connectivity index (χ1) is 16.0. The number of nitrogens with zero attached hydrogens (tertiary/aromatic N) is 3. The van der Waals surface area contributed by atoms with Crippen LogP contribution in [0.3, 0.4) is 0 Å². The highest BCUT2D eigenvalue weighted by Gasteiger charge is 2.26. The summed E-state index contributed by atoms with van der Waals surface area (Å²) in [5.41, 5.74) is 3.09. The van der Waals surface area contributed by atoms with Crippen LogP contribution in [0.1, 0.15) is 40.4 Å². The molecule has 1 amide bonds. The molecule has 0 aliphatic carbocycles.